The molecule has 2 fully saturated rings. The van der Waals surface area contributed by atoms with Crippen molar-refractivity contribution in [2.45, 2.75) is 95.4 Å². The molecule has 1 amide bonds. The summed E-state index contributed by atoms with van der Waals surface area (Å²) in [6.45, 7) is 3.00. The summed E-state index contributed by atoms with van der Waals surface area (Å²) in [6.07, 6.45) is 10.8. The molecule has 2 heterocycles. The number of hydrogen-bond donors (Lipinski definition) is 3. The molecule has 2 atom stereocenters. The molecule has 0 saturated heterocycles. The quantitative estimate of drug-likeness (QED) is 0.577. The van der Waals surface area contributed by atoms with Crippen LogP contribution >= 0.6 is 0 Å². The maximum Gasteiger partial charge on any atom is 0.289 e. The first-order chi connectivity index (χ1) is 17.1. The molecular formula is C27H38N6O2. The van der Waals surface area contributed by atoms with Crippen molar-refractivity contribution >= 4 is 28.5 Å². The molecule has 2 saturated carbocycles. The molecule has 1 aliphatic heterocycles. The monoisotopic (exact) mass is 478 g/mol. The summed E-state index contributed by atoms with van der Waals surface area (Å²) in [5.41, 5.74) is 1.94. The van der Waals surface area contributed by atoms with Gasteiger partial charge in [-0.15, -0.1) is 0 Å². The number of aryl methyl sites for hydroxylation is 1. The van der Waals surface area contributed by atoms with Gasteiger partial charge in [-0.1, -0.05) is 24.5 Å². The molecule has 0 bridgehead atoms. The van der Waals surface area contributed by atoms with Crippen molar-refractivity contribution in [2.75, 3.05) is 19.0 Å². The number of anilines is 1. The average Bonchev–Trinajstić information content (AvgIpc) is 3.39. The number of benzene rings is 1. The van der Waals surface area contributed by atoms with Gasteiger partial charge < -0.3 is 20.7 Å². The summed E-state index contributed by atoms with van der Waals surface area (Å²) in [6, 6.07) is 6.81. The lowest BCUT2D eigenvalue weighted by atomic mass is 9.90. The van der Waals surface area contributed by atoms with Gasteiger partial charge in [0.2, 0.25) is 5.82 Å². The molecule has 0 spiro atoms. The molecule has 3 N–H and O–H groups in total. The van der Waals surface area contributed by atoms with Gasteiger partial charge in [-0.2, -0.15) is 0 Å². The smallest absolute Gasteiger partial charge is 0.289 e. The highest BCUT2D eigenvalue weighted by Gasteiger charge is 2.28. The summed E-state index contributed by atoms with van der Waals surface area (Å²) < 4.78 is 5.47. The van der Waals surface area contributed by atoms with Gasteiger partial charge in [0.25, 0.3) is 5.91 Å². The number of amidine groups is 1. The van der Waals surface area contributed by atoms with E-state index in [1.54, 1.807) is 7.11 Å². The van der Waals surface area contributed by atoms with Crippen molar-refractivity contribution < 1.29 is 9.53 Å². The minimum absolute atomic E-state index is 0.140. The van der Waals surface area contributed by atoms with Crippen LogP contribution < -0.4 is 16.0 Å². The van der Waals surface area contributed by atoms with E-state index in [-0.39, 0.29) is 23.8 Å². The Bertz CT molecular complexity index is 1080. The van der Waals surface area contributed by atoms with Crippen molar-refractivity contribution in [3.8, 4) is 0 Å². The number of ether oxygens (including phenoxy) is 1. The minimum Gasteiger partial charge on any atom is -0.381 e. The van der Waals surface area contributed by atoms with E-state index in [0.29, 0.717) is 12.1 Å². The number of rotatable bonds is 6. The van der Waals surface area contributed by atoms with Crippen LogP contribution in [0.5, 0.6) is 0 Å². The molecule has 5 rings (SSSR count). The van der Waals surface area contributed by atoms with Crippen LogP contribution in [0.2, 0.25) is 0 Å². The second kappa shape index (κ2) is 10.9. The van der Waals surface area contributed by atoms with E-state index in [2.05, 4.69) is 38.9 Å². The molecule has 2 aromatic rings. The third kappa shape index (κ3) is 5.74. The van der Waals surface area contributed by atoms with Crippen molar-refractivity contribution in [3.63, 3.8) is 0 Å². The fraction of sp³-hybridized carbons (Fsp3) is 0.630. The maximum absolute atomic E-state index is 13.2. The Morgan fingerprint density at radius 1 is 0.971 bits per heavy atom. The van der Waals surface area contributed by atoms with Crippen LogP contribution in [0.15, 0.2) is 23.2 Å². The first-order valence-electron chi connectivity index (χ1n) is 13.3. The number of nitrogens with zero attached hydrogens (tertiary/aromatic N) is 3. The van der Waals surface area contributed by atoms with E-state index >= 15 is 0 Å². The highest BCUT2D eigenvalue weighted by molar-refractivity contribution is 5.97. The van der Waals surface area contributed by atoms with Gasteiger partial charge in [-0.3, -0.25) is 9.79 Å². The highest BCUT2D eigenvalue weighted by Crippen LogP contribution is 2.28. The topological polar surface area (TPSA) is 101 Å². The number of amides is 1. The molecule has 2 aliphatic carbocycles. The second-order valence-corrected chi connectivity index (χ2v) is 10.3. The van der Waals surface area contributed by atoms with E-state index < -0.39 is 0 Å². The molecule has 0 unspecified atom stereocenters. The van der Waals surface area contributed by atoms with E-state index in [9.17, 15) is 4.79 Å². The minimum atomic E-state index is -0.199. The number of carbonyl (C=O) groups excluding carboxylic acids is 1. The molecule has 0 radical (unpaired) electrons. The van der Waals surface area contributed by atoms with E-state index in [1.807, 2.05) is 12.1 Å². The number of fused-ring (bicyclic) bond motifs is 1. The number of carbonyl (C=O) groups is 1. The third-order valence-electron chi connectivity index (χ3n) is 7.71. The van der Waals surface area contributed by atoms with Gasteiger partial charge in [-0.05, 0) is 64.0 Å². The van der Waals surface area contributed by atoms with Gasteiger partial charge in [0.05, 0.1) is 17.5 Å². The summed E-state index contributed by atoms with van der Waals surface area (Å²) in [5, 5.41) is 11.6. The Hall–Kier alpha value is -2.74. The highest BCUT2D eigenvalue weighted by atomic mass is 16.5. The van der Waals surface area contributed by atoms with Crippen molar-refractivity contribution in [1.29, 1.82) is 0 Å². The Morgan fingerprint density at radius 3 is 2.46 bits per heavy atom. The molecule has 188 valence electrons. The predicted molar refractivity (Wildman–Crippen MR) is 139 cm³/mol. The fourth-order valence-electron chi connectivity index (χ4n) is 5.67. The molecule has 35 heavy (non-hydrogen) atoms. The van der Waals surface area contributed by atoms with Gasteiger partial charge in [0, 0.05) is 43.6 Å². The molecule has 8 nitrogen and oxygen atoms in total. The normalized spacial score (nSPS) is 26.9. The zero-order valence-electron chi connectivity index (χ0n) is 21.0. The second-order valence-electron chi connectivity index (χ2n) is 10.3. The number of aliphatic imine (C=N–C) groups is 1. The average molecular weight is 479 g/mol. The first kappa shape index (κ1) is 24.0. The van der Waals surface area contributed by atoms with E-state index in [0.717, 1.165) is 86.0 Å². The summed E-state index contributed by atoms with van der Waals surface area (Å²) in [4.78, 5) is 27.2. The van der Waals surface area contributed by atoms with Crippen molar-refractivity contribution in [1.82, 2.24) is 20.6 Å². The Morgan fingerprint density at radius 2 is 1.74 bits per heavy atom. The van der Waals surface area contributed by atoms with Gasteiger partial charge in [-0.25, -0.2) is 9.97 Å². The van der Waals surface area contributed by atoms with Crippen LogP contribution in [0.25, 0.3) is 10.9 Å². The predicted octanol–water partition coefficient (Wildman–Crippen LogP) is 4.13. The Labute approximate surface area is 207 Å². The molecule has 1 aromatic heterocycles. The largest absolute Gasteiger partial charge is 0.381 e. The SMILES string of the molecule is COC1CCC(NC(=O)c2nc(N[C@H]3CCCC[C@H]3NC3=NCCC3)c3cc(C)ccc3n2)CC1. The van der Waals surface area contributed by atoms with Crippen LogP contribution in [0.1, 0.15) is 80.4 Å². The van der Waals surface area contributed by atoms with Gasteiger partial charge in [0.15, 0.2) is 0 Å². The zero-order valence-corrected chi connectivity index (χ0v) is 21.0. The Kier molecular flexibility index (Phi) is 7.46. The number of nitrogens with one attached hydrogen (secondary N) is 3. The Balaban J connectivity index is 1.37. The maximum atomic E-state index is 13.2. The van der Waals surface area contributed by atoms with Crippen LogP contribution in [-0.4, -0.2) is 59.6 Å². The lowest BCUT2D eigenvalue weighted by Gasteiger charge is -2.34. The van der Waals surface area contributed by atoms with E-state index in [4.69, 9.17) is 9.72 Å². The number of methoxy groups -OCH3 is 1. The molecule has 1 aromatic carbocycles. The summed E-state index contributed by atoms with van der Waals surface area (Å²) in [7, 11) is 1.76. The van der Waals surface area contributed by atoms with E-state index in [1.165, 1.54) is 12.8 Å². The molecule has 3 aliphatic rings. The zero-order chi connectivity index (χ0) is 24.2. The van der Waals surface area contributed by atoms with Crippen LogP contribution in [0.4, 0.5) is 5.82 Å². The van der Waals surface area contributed by atoms with Crippen LogP contribution in [-0.2, 0) is 4.74 Å². The van der Waals surface area contributed by atoms with Gasteiger partial charge >= 0.3 is 0 Å². The number of hydrogen-bond acceptors (Lipinski definition) is 7. The fourth-order valence-corrected chi connectivity index (χ4v) is 5.67. The van der Waals surface area contributed by atoms with Crippen LogP contribution in [0.3, 0.4) is 0 Å². The third-order valence-corrected chi connectivity index (χ3v) is 7.71. The molecular weight excluding hydrogens is 440 g/mol. The summed E-state index contributed by atoms with van der Waals surface area (Å²) in [5.74, 6) is 1.92. The lowest BCUT2D eigenvalue weighted by Crippen LogP contribution is -2.48. The van der Waals surface area contributed by atoms with Crippen molar-refractivity contribution in [2.24, 2.45) is 4.99 Å². The van der Waals surface area contributed by atoms with Crippen molar-refractivity contribution in [3.05, 3.63) is 29.6 Å². The molecule has 8 heteroatoms. The summed E-state index contributed by atoms with van der Waals surface area (Å²) >= 11 is 0. The van der Waals surface area contributed by atoms with Gasteiger partial charge in [0.1, 0.15) is 5.82 Å². The van der Waals surface area contributed by atoms with Crippen LogP contribution in [0, 0.1) is 6.92 Å². The lowest BCUT2D eigenvalue weighted by molar-refractivity contribution is 0.0597. The standard InChI is InChI=1S/C27H38N6O2/c1-17-9-14-21-20(16-17)25(32-23-7-4-3-6-22(23)30-24-8-5-15-28-24)33-26(31-21)27(34)29-18-10-12-19(35-2)13-11-18/h9,14,16,18-19,22-23H,3-8,10-13,15H2,1-2H3,(H,28,30)(H,29,34)(H,31,32,33)/t18?,19?,22-,23+/m1/s1. The first-order valence-corrected chi connectivity index (χ1v) is 13.3. The number of aromatic nitrogens is 2.